The van der Waals surface area contributed by atoms with Gasteiger partial charge in [-0.15, -0.1) is 0 Å². The van der Waals surface area contributed by atoms with Crippen LogP contribution in [-0.4, -0.2) is 46.4 Å². The van der Waals surface area contributed by atoms with Gasteiger partial charge in [0.05, 0.1) is 19.2 Å². The van der Waals surface area contributed by atoms with Gasteiger partial charge in [-0.05, 0) is 35.7 Å². The van der Waals surface area contributed by atoms with E-state index >= 15 is 0 Å². The molecule has 10 heteroatoms. The predicted molar refractivity (Wildman–Crippen MR) is 117 cm³/mol. The number of amides is 1. The number of benzene rings is 2. The van der Waals surface area contributed by atoms with E-state index in [2.05, 4.69) is 5.43 Å². The second-order valence-electron chi connectivity index (χ2n) is 6.87. The SMILES string of the molecule is CCOC(=O)C(O)CN(Cc1ccc(-c2cccc(Cl)c2)cc1)NC(=O)c1cc(=O)[nH]o1. The molecule has 0 aliphatic rings. The number of hydrazine groups is 1. The number of aromatic amines is 1. The molecule has 3 rings (SSSR count). The first-order valence-electron chi connectivity index (χ1n) is 9.79. The normalized spacial score (nSPS) is 11.9. The number of hydrogen-bond donors (Lipinski definition) is 3. The summed E-state index contributed by atoms with van der Waals surface area (Å²) in [5.74, 6) is -1.76. The van der Waals surface area contributed by atoms with Gasteiger partial charge in [-0.25, -0.2) is 9.80 Å². The van der Waals surface area contributed by atoms with Crippen molar-refractivity contribution in [3.8, 4) is 11.1 Å². The predicted octanol–water partition coefficient (Wildman–Crippen LogP) is 2.36. The highest BCUT2D eigenvalue weighted by atomic mass is 35.5. The number of aromatic nitrogens is 1. The average Bonchev–Trinajstić information content (AvgIpc) is 3.21. The number of carbonyl (C=O) groups excluding carboxylic acids is 2. The Morgan fingerprint density at radius 1 is 1.19 bits per heavy atom. The lowest BCUT2D eigenvalue weighted by Crippen LogP contribution is -2.47. The summed E-state index contributed by atoms with van der Waals surface area (Å²) in [6, 6.07) is 15.9. The van der Waals surface area contributed by atoms with Crippen LogP contribution in [0.3, 0.4) is 0 Å². The molecule has 32 heavy (non-hydrogen) atoms. The van der Waals surface area contributed by atoms with E-state index in [0.717, 1.165) is 22.8 Å². The van der Waals surface area contributed by atoms with Crippen molar-refractivity contribution in [2.75, 3.05) is 13.2 Å². The molecule has 0 fully saturated rings. The van der Waals surface area contributed by atoms with E-state index in [0.29, 0.717) is 5.02 Å². The Morgan fingerprint density at radius 2 is 1.94 bits per heavy atom. The van der Waals surface area contributed by atoms with Gasteiger partial charge in [0.1, 0.15) is 0 Å². The molecule has 3 aromatic rings. The summed E-state index contributed by atoms with van der Waals surface area (Å²) in [7, 11) is 0. The zero-order chi connectivity index (χ0) is 23.1. The minimum atomic E-state index is -1.49. The molecule has 0 saturated carbocycles. The Balaban J connectivity index is 1.75. The minimum Gasteiger partial charge on any atom is -0.464 e. The van der Waals surface area contributed by atoms with Gasteiger partial charge in [0.25, 0.3) is 5.56 Å². The number of esters is 1. The van der Waals surface area contributed by atoms with Gasteiger partial charge in [-0.3, -0.25) is 15.0 Å². The van der Waals surface area contributed by atoms with Crippen molar-refractivity contribution in [1.29, 1.82) is 0 Å². The van der Waals surface area contributed by atoms with Gasteiger partial charge in [0, 0.05) is 11.6 Å². The molecular formula is C22H22ClN3O6. The number of carbonyl (C=O) groups is 2. The number of aliphatic hydroxyl groups is 1. The largest absolute Gasteiger partial charge is 0.464 e. The lowest BCUT2D eigenvalue weighted by Gasteiger charge is -2.24. The van der Waals surface area contributed by atoms with Gasteiger partial charge >= 0.3 is 11.9 Å². The molecular weight excluding hydrogens is 438 g/mol. The highest BCUT2D eigenvalue weighted by Gasteiger charge is 2.23. The molecule has 9 nitrogen and oxygen atoms in total. The maximum Gasteiger partial charge on any atom is 0.336 e. The Bertz CT molecular complexity index is 1120. The van der Waals surface area contributed by atoms with Crippen molar-refractivity contribution in [1.82, 2.24) is 15.6 Å². The molecule has 2 aromatic carbocycles. The highest BCUT2D eigenvalue weighted by molar-refractivity contribution is 6.30. The zero-order valence-corrected chi connectivity index (χ0v) is 18.0. The van der Waals surface area contributed by atoms with Crippen molar-refractivity contribution in [3.05, 3.63) is 81.3 Å². The molecule has 0 radical (unpaired) electrons. The molecule has 0 aliphatic carbocycles. The topological polar surface area (TPSA) is 125 Å². The zero-order valence-electron chi connectivity index (χ0n) is 17.2. The number of H-pyrrole nitrogens is 1. The van der Waals surface area contributed by atoms with Gasteiger partial charge in [-0.2, -0.15) is 5.16 Å². The number of nitrogens with zero attached hydrogens (tertiary/aromatic N) is 1. The number of halogens is 1. The standard InChI is InChI=1S/C22H22ClN3O6/c1-2-31-22(30)18(27)13-26(24-21(29)19-11-20(28)25-32-19)12-14-6-8-15(9-7-14)16-4-3-5-17(23)10-16/h3-11,18,27H,2,12-13H2,1H3,(H,24,29)(H,25,28). The molecule has 1 amide bonds. The van der Waals surface area contributed by atoms with Crippen LogP contribution in [-0.2, 0) is 16.1 Å². The van der Waals surface area contributed by atoms with Crippen molar-refractivity contribution < 1.29 is 24.0 Å². The summed E-state index contributed by atoms with van der Waals surface area (Å²) in [5, 5.41) is 14.1. The van der Waals surface area contributed by atoms with Crippen LogP contribution in [0.15, 0.2) is 63.9 Å². The molecule has 1 unspecified atom stereocenters. The molecule has 1 atom stereocenters. The molecule has 0 spiro atoms. The Morgan fingerprint density at radius 3 is 2.56 bits per heavy atom. The number of hydrogen-bond acceptors (Lipinski definition) is 7. The molecule has 0 aliphatic heterocycles. The van der Waals surface area contributed by atoms with Crippen LogP contribution < -0.4 is 11.0 Å². The second kappa shape index (κ2) is 10.8. The van der Waals surface area contributed by atoms with Crippen molar-refractivity contribution in [2.45, 2.75) is 19.6 Å². The van der Waals surface area contributed by atoms with Crippen molar-refractivity contribution in [3.63, 3.8) is 0 Å². The van der Waals surface area contributed by atoms with Gasteiger partial charge in [-0.1, -0.05) is 48.0 Å². The van der Waals surface area contributed by atoms with E-state index in [1.54, 1.807) is 13.0 Å². The van der Waals surface area contributed by atoms with Crippen LogP contribution in [0, 0.1) is 0 Å². The number of ether oxygens (including phenoxy) is 1. The summed E-state index contributed by atoms with van der Waals surface area (Å²) in [6.07, 6.45) is -1.49. The van der Waals surface area contributed by atoms with Crippen molar-refractivity contribution in [2.24, 2.45) is 0 Å². The summed E-state index contributed by atoms with van der Waals surface area (Å²) in [5.41, 5.74) is 4.67. The van der Waals surface area contributed by atoms with E-state index in [1.165, 1.54) is 5.01 Å². The number of nitrogens with one attached hydrogen (secondary N) is 2. The van der Waals surface area contributed by atoms with Crippen LogP contribution in [0.4, 0.5) is 0 Å². The lowest BCUT2D eigenvalue weighted by molar-refractivity contribution is -0.154. The molecule has 0 saturated heterocycles. The molecule has 3 N–H and O–H groups in total. The van der Waals surface area contributed by atoms with Crippen LogP contribution in [0.1, 0.15) is 23.0 Å². The quantitative estimate of drug-likeness (QED) is 0.331. The summed E-state index contributed by atoms with van der Waals surface area (Å²) >= 11 is 6.05. The monoisotopic (exact) mass is 459 g/mol. The third kappa shape index (κ3) is 6.30. The second-order valence-corrected chi connectivity index (χ2v) is 7.31. The first-order chi connectivity index (χ1) is 15.4. The van der Waals surface area contributed by atoms with Crippen LogP contribution >= 0.6 is 11.6 Å². The Hall–Kier alpha value is -3.40. The average molecular weight is 460 g/mol. The van der Waals surface area contributed by atoms with E-state index in [-0.39, 0.29) is 25.5 Å². The Labute approximate surface area is 188 Å². The lowest BCUT2D eigenvalue weighted by atomic mass is 10.0. The number of rotatable bonds is 9. The maximum atomic E-state index is 12.4. The minimum absolute atomic E-state index is 0.113. The molecule has 1 heterocycles. The van der Waals surface area contributed by atoms with Crippen LogP contribution in [0.25, 0.3) is 11.1 Å². The van der Waals surface area contributed by atoms with Crippen LogP contribution in [0.5, 0.6) is 0 Å². The van der Waals surface area contributed by atoms with E-state index in [4.69, 9.17) is 20.9 Å². The molecule has 1 aromatic heterocycles. The van der Waals surface area contributed by atoms with Gasteiger partial charge in [0.15, 0.2) is 6.10 Å². The summed E-state index contributed by atoms with van der Waals surface area (Å²) in [6.45, 7) is 1.66. The fraction of sp³-hybridized carbons (Fsp3) is 0.227. The first-order valence-corrected chi connectivity index (χ1v) is 10.2. The first kappa shape index (κ1) is 23.3. The van der Waals surface area contributed by atoms with Gasteiger partial charge < -0.3 is 14.4 Å². The third-order valence-corrected chi connectivity index (χ3v) is 4.68. The smallest absolute Gasteiger partial charge is 0.336 e. The maximum absolute atomic E-state index is 12.4. The molecule has 168 valence electrons. The van der Waals surface area contributed by atoms with E-state index < -0.39 is 23.5 Å². The summed E-state index contributed by atoms with van der Waals surface area (Å²) < 4.78 is 9.62. The number of aliphatic hydroxyl groups excluding tert-OH is 1. The Kier molecular flexibility index (Phi) is 7.82. The van der Waals surface area contributed by atoms with E-state index in [1.807, 2.05) is 47.6 Å². The summed E-state index contributed by atoms with van der Waals surface area (Å²) in [4.78, 5) is 35.5. The fourth-order valence-electron chi connectivity index (χ4n) is 2.96. The van der Waals surface area contributed by atoms with Crippen LogP contribution in [0.2, 0.25) is 5.02 Å². The van der Waals surface area contributed by atoms with E-state index in [9.17, 15) is 19.5 Å². The van der Waals surface area contributed by atoms with Crippen molar-refractivity contribution >= 4 is 23.5 Å². The highest BCUT2D eigenvalue weighted by Crippen LogP contribution is 2.23. The molecule has 0 bridgehead atoms. The fourth-order valence-corrected chi connectivity index (χ4v) is 3.15. The third-order valence-electron chi connectivity index (χ3n) is 4.44. The van der Waals surface area contributed by atoms with Gasteiger partial charge in [0.2, 0.25) is 5.76 Å².